The molecule has 0 aromatic heterocycles. The highest BCUT2D eigenvalue weighted by Gasteiger charge is 2.27. The molecule has 0 aliphatic carbocycles. The summed E-state index contributed by atoms with van der Waals surface area (Å²) in [5.41, 5.74) is 0. The Morgan fingerprint density at radius 3 is 2.83 bits per heavy atom. The first kappa shape index (κ1) is 15.5. The first-order valence-corrected chi connectivity index (χ1v) is 7.70. The number of amides is 1. The number of carbonyl (C=O) groups excluding carboxylic acids is 1. The highest BCUT2D eigenvalue weighted by atomic mass is 16.1. The SMILES string of the molecule is CCCCC(CC)CNC(=O)C1CCCNC1C. The Morgan fingerprint density at radius 1 is 1.44 bits per heavy atom. The number of hydrogen-bond donors (Lipinski definition) is 2. The highest BCUT2D eigenvalue weighted by Crippen LogP contribution is 2.17. The van der Waals surface area contributed by atoms with E-state index in [1.54, 1.807) is 0 Å². The van der Waals surface area contributed by atoms with Crippen LogP contribution in [0.25, 0.3) is 0 Å². The molecule has 0 radical (unpaired) electrons. The lowest BCUT2D eigenvalue weighted by molar-refractivity contribution is -0.126. The Kier molecular flexibility index (Phi) is 7.33. The van der Waals surface area contributed by atoms with Crippen LogP contribution in [0, 0.1) is 11.8 Å². The molecule has 0 bridgehead atoms. The largest absolute Gasteiger partial charge is 0.356 e. The van der Waals surface area contributed by atoms with Gasteiger partial charge in [0.25, 0.3) is 0 Å². The van der Waals surface area contributed by atoms with Gasteiger partial charge in [-0.2, -0.15) is 0 Å². The van der Waals surface area contributed by atoms with Crippen molar-refractivity contribution in [2.45, 2.75) is 65.3 Å². The van der Waals surface area contributed by atoms with Crippen molar-refractivity contribution in [3.05, 3.63) is 0 Å². The maximum Gasteiger partial charge on any atom is 0.224 e. The van der Waals surface area contributed by atoms with E-state index in [2.05, 4.69) is 31.4 Å². The number of carbonyl (C=O) groups is 1. The Bertz CT molecular complexity index is 243. The van der Waals surface area contributed by atoms with Gasteiger partial charge in [-0.05, 0) is 38.6 Å². The molecule has 2 N–H and O–H groups in total. The van der Waals surface area contributed by atoms with Gasteiger partial charge in [0.1, 0.15) is 0 Å². The second kappa shape index (κ2) is 8.52. The van der Waals surface area contributed by atoms with Gasteiger partial charge in [-0.25, -0.2) is 0 Å². The van der Waals surface area contributed by atoms with Crippen LogP contribution < -0.4 is 10.6 Å². The molecule has 1 fully saturated rings. The van der Waals surface area contributed by atoms with Crippen molar-refractivity contribution in [1.82, 2.24) is 10.6 Å². The van der Waals surface area contributed by atoms with Crippen LogP contribution >= 0.6 is 0 Å². The maximum absolute atomic E-state index is 12.2. The number of rotatable bonds is 7. The highest BCUT2D eigenvalue weighted by molar-refractivity contribution is 5.79. The molecule has 0 spiro atoms. The Labute approximate surface area is 112 Å². The van der Waals surface area contributed by atoms with Crippen LogP contribution in [0.3, 0.4) is 0 Å². The van der Waals surface area contributed by atoms with E-state index in [9.17, 15) is 4.79 Å². The lowest BCUT2D eigenvalue weighted by atomic mass is 9.91. The third kappa shape index (κ3) is 4.97. The first-order valence-electron chi connectivity index (χ1n) is 7.70. The van der Waals surface area contributed by atoms with Crippen molar-refractivity contribution < 1.29 is 4.79 Å². The summed E-state index contributed by atoms with van der Waals surface area (Å²) in [6.45, 7) is 8.48. The molecular formula is C15H30N2O. The van der Waals surface area contributed by atoms with Gasteiger partial charge in [-0.3, -0.25) is 4.79 Å². The van der Waals surface area contributed by atoms with Crippen molar-refractivity contribution in [2.75, 3.05) is 13.1 Å². The monoisotopic (exact) mass is 254 g/mol. The molecular weight excluding hydrogens is 224 g/mol. The molecule has 1 amide bonds. The molecule has 1 aliphatic heterocycles. The Hall–Kier alpha value is -0.570. The summed E-state index contributed by atoms with van der Waals surface area (Å²) in [5.74, 6) is 1.08. The lowest BCUT2D eigenvalue weighted by Crippen LogP contribution is -2.47. The van der Waals surface area contributed by atoms with Crippen LogP contribution in [0.5, 0.6) is 0 Å². The fourth-order valence-electron chi connectivity index (χ4n) is 2.72. The second-order valence-electron chi connectivity index (χ2n) is 5.65. The Morgan fingerprint density at radius 2 is 2.22 bits per heavy atom. The molecule has 0 aromatic rings. The topological polar surface area (TPSA) is 41.1 Å². The molecule has 3 unspecified atom stereocenters. The van der Waals surface area contributed by atoms with E-state index in [1.807, 2.05) is 0 Å². The van der Waals surface area contributed by atoms with Gasteiger partial charge >= 0.3 is 0 Å². The minimum Gasteiger partial charge on any atom is -0.356 e. The summed E-state index contributed by atoms with van der Waals surface area (Å²) in [4.78, 5) is 12.2. The van der Waals surface area contributed by atoms with Crippen LogP contribution in [-0.2, 0) is 4.79 Å². The van der Waals surface area contributed by atoms with Gasteiger partial charge in [0.15, 0.2) is 0 Å². The molecule has 1 aliphatic rings. The van der Waals surface area contributed by atoms with Crippen LogP contribution in [0.4, 0.5) is 0 Å². The van der Waals surface area contributed by atoms with Gasteiger partial charge in [-0.1, -0.05) is 33.1 Å². The van der Waals surface area contributed by atoms with Crippen LogP contribution in [0.1, 0.15) is 59.3 Å². The zero-order chi connectivity index (χ0) is 13.4. The van der Waals surface area contributed by atoms with E-state index in [1.165, 1.54) is 25.7 Å². The number of nitrogens with one attached hydrogen (secondary N) is 2. The first-order chi connectivity index (χ1) is 8.69. The third-order valence-electron chi connectivity index (χ3n) is 4.21. The summed E-state index contributed by atoms with van der Waals surface area (Å²) in [5, 5.41) is 6.55. The molecule has 0 saturated carbocycles. The van der Waals surface area contributed by atoms with E-state index in [0.29, 0.717) is 12.0 Å². The zero-order valence-corrected chi connectivity index (χ0v) is 12.3. The molecule has 3 atom stereocenters. The maximum atomic E-state index is 12.2. The molecule has 3 heteroatoms. The van der Waals surface area contributed by atoms with Gasteiger partial charge in [-0.15, -0.1) is 0 Å². The van der Waals surface area contributed by atoms with E-state index < -0.39 is 0 Å². The number of piperidine rings is 1. The summed E-state index contributed by atoms with van der Waals surface area (Å²) in [6.07, 6.45) is 7.08. The molecule has 18 heavy (non-hydrogen) atoms. The Balaban J connectivity index is 2.29. The predicted octanol–water partition coefficient (Wildman–Crippen LogP) is 2.71. The van der Waals surface area contributed by atoms with Crippen molar-refractivity contribution in [2.24, 2.45) is 11.8 Å². The second-order valence-corrected chi connectivity index (χ2v) is 5.65. The van der Waals surface area contributed by atoms with Gasteiger partial charge < -0.3 is 10.6 Å². The van der Waals surface area contributed by atoms with Gasteiger partial charge in [0.2, 0.25) is 5.91 Å². The van der Waals surface area contributed by atoms with E-state index in [0.717, 1.165) is 25.9 Å². The standard InChI is InChI=1S/C15H30N2O/c1-4-6-8-13(5-2)11-17-15(18)14-9-7-10-16-12(14)3/h12-14,16H,4-11H2,1-3H3,(H,17,18). The third-order valence-corrected chi connectivity index (χ3v) is 4.21. The normalized spacial score (nSPS) is 25.7. The molecule has 1 rings (SSSR count). The average molecular weight is 254 g/mol. The van der Waals surface area contributed by atoms with Crippen molar-refractivity contribution in [3.8, 4) is 0 Å². The van der Waals surface area contributed by atoms with Gasteiger partial charge in [0.05, 0.1) is 5.92 Å². The van der Waals surface area contributed by atoms with Crippen LogP contribution in [0.15, 0.2) is 0 Å². The summed E-state index contributed by atoms with van der Waals surface area (Å²) >= 11 is 0. The van der Waals surface area contributed by atoms with Crippen LogP contribution in [-0.4, -0.2) is 25.0 Å². The summed E-state index contributed by atoms with van der Waals surface area (Å²) in [7, 11) is 0. The van der Waals surface area contributed by atoms with Crippen molar-refractivity contribution in [3.63, 3.8) is 0 Å². The fourth-order valence-corrected chi connectivity index (χ4v) is 2.72. The molecule has 1 heterocycles. The van der Waals surface area contributed by atoms with Crippen LogP contribution in [0.2, 0.25) is 0 Å². The van der Waals surface area contributed by atoms with Crippen molar-refractivity contribution in [1.29, 1.82) is 0 Å². The quantitative estimate of drug-likeness (QED) is 0.733. The molecule has 1 saturated heterocycles. The minimum atomic E-state index is 0.169. The summed E-state index contributed by atoms with van der Waals surface area (Å²) in [6, 6.07) is 0.328. The number of unbranched alkanes of at least 4 members (excludes halogenated alkanes) is 1. The minimum absolute atomic E-state index is 0.169. The lowest BCUT2D eigenvalue weighted by Gasteiger charge is -2.29. The van der Waals surface area contributed by atoms with Gasteiger partial charge in [0, 0.05) is 12.6 Å². The smallest absolute Gasteiger partial charge is 0.224 e. The summed E-state index contributed by atoms with van der Waals surface area (Å²) < 4.78 is 0. The molecule has 106 valence electrons. The average Bonchev–Trinajstić information content (AvgIpc) is 2.39. The van der Waals surface area contributed by atoms with Crippen molar-refractivity contribution >= 4 is 5.91 Å². The molecule has 3 nitrogen and oxygen atoms in total. The molecule has 0 aromatic carbocycles. The predicted molar refractivity (Wildman–Crippen MR) is 76.5 cm³/mol. The van der Waals surface area contributed by atoms with E-state index in [-0.39, 0.29) is 11.8 Å². The zero-order valence-electron chi connectivity index (χ0n) is 12.3. The van der Waals surface area contributed by atoms with E-state index >= 15 is 0 Å². The number of hydrogen-bond acceptors (Lipinski definition) is 2. The van der Waals surface area contributed by atoms with E-state index in [4.69, 9.17) is 0 Å². The fraction of sp³-hybridized carbons (Fsp3) is 0.933.